The van der Waals surface area contributed by atoms with Gasteiger partial charge in [-0.2, -0.15) is 0 Å². The summed E-state index contributed by atoms with van der Waals surface area (Å²) in [5, 5.41) is 5.19. The van der Waals surface area contributed by atoms with Crippen molar-refractivity contribution in [2.24, 2.45) is 0 Å². The normalized spacial score (nSPS) is 14.0. The third-order valence-electron chi connectivity index (χ3n) is 9.06. The largest absolute Gasteiger partial charge is 0.309 e. The summed E-state index contributed by atoms with van der Waals surface area (Å²) in [6, 6.07) is 57.9. The molecule has 0 fully saturated rings. The van der Waals surface area contributed by atoms with Crippen molar-refractivity contribution < 1.29 is 0 Å². The number of aromatic nitrogens is 1. The van der Waals surface area contributed by atoms with Crippen molar-refractivity contribution in [2.75, 3.05) is 0 Å². The number of nitrogens with zero attached hydrogens (tertiary/aromatic N) is 1. The first-order valence-corrected chi connectivity index (χ1v) is 14.6. The lowest BCUT2D eigenvalue weighted by Crippen LogP contribution is -1.99. The molecule has 1 aromatic heterocycles. The van der Waals surface area contributed by atoms with E-state index >= 15 is 0 Å². The van der Waals surface area contributed by atoms with E-state index in [9.17, 15) is 0 Å². The molecule has 0 amide bonds. The molecular formula is C41H27N. The van der Waals surface area contributed by atoms with E-state index in [1.54, 1.807) is 0 Å². The highest BCUT2D eigenvalue weighted by atomic mass is 15.0. The molecule has 0 saturated carbocycles. The van der Waals surface area contributed by atoms with E-state index in [4.69, 9.17) is 0 Å². The van der Waals surface area contributed by atoms with Crippen molar-refractivity contribution in [1.82, 2.24) is 4.57 Å². The van der Waals surface area contributed by atoms with Crippen molar-refractivity contribution in [3.63, 3.8) is 0 Å². The van der Waals surface area contributed by atoms with Gasteiger partial charge in [0.1, 0.15) is 0 Å². The molecule has 1 atom stereocenters. The van der Waals surface area contributed by atoms with Crippen molar-refractivity contribution >= 4 is 32.6 Å². The maximum absolute atomic E-state index is 2.42. The molecule has 1 heteroatoms. The zero-order valence-electron chi connectivity index (χ0n) is 23.0. The van der Waals surface area contributed by atoms with E-state index in [0.717, 1.165) is 0 Å². The Balaban J connectivity index is 1.24. The molecular weight excluding hydrogens is 506 g/mol. The zero-order chi connectivity index (χ0) is 27.6. The van der Waals surface area contributed by atoms with Gasteiger partial charge in [0.2, 0.25) is 0 Å². The van der Waals surface area contributed by atoms with Gasteiger partial charge in [0.05, 0.1) is 11.0 Å². The molecule has 1 heterocycles. The van der Waals surface area contributed by atoms with Crippen molar-refractivity contribution in [3.8, 4) is 27.9 Å². The molecule has 1 unspecified atom stereocenters. The van der Waals surface area contributed by atoms with Gasteiger partial charge in [-0.05, 0) is 80.0 Å². The minimum Gasteiger partial charge on any atom is -0.309 e. The summed E-state index contributed by atoms with van der Waals surface area (Å²) in [5.41, 5.74) is 13.0. The van der Waals surface area contributed by atoms with Gasteiger partial charge in [-0.25, -0.2) is 0 Å². The van der Waals surface area contributed by atoms with Crippen LogP contribution in [0.2, 0.25) is 0 Å². The number of rotatable bonds is 3. The van der Waals surface area contributed by atoms with Crippen LogP contribution in [0.1, 0.15) is 22.6 Å². The number of fused-ring (bicyclic) bond motifs is 8. The van der Waals surface area contributed by atoms with Crippen LogP contribution in [0.25, 0.3) is 60.5 Å². The molecule has 42 heavy (non-hydrogen) atoms. The monoisotopic (exact) mass is 533 g/mol. The molecule has 1 nitrogen and oxygen atoms in total. The van der Waals surface area contributed by atoms with Crippen LogP contribution < -0.4 is 0 Å². The fraction of sp³-hybridized carbons (Fsp3) is 0.0244. The number of para-hydroxylation sites is 2. The number of benzene rings is 7. The molecule has 0 spiro atoms. The molecule has 0 bridgehead atoms. The highest BCUT2D eigenvalue weighted by molar-refractivity contribution is 6.17. The van der Waals surface area contributed by atoms with Crippen LogP contribution in [0.3, 0.4) is 0 Å². The second-order valence-corrected chi connectivity index (χ2v) is 11.3. The molecule has 0 saturated heterocycles. The summed E-state index contributed by atoms with van der Waals surface area (Å²) in [7, 11) is 0. The predicted octanol–water partition coefficient (Wildman–Crippen LogP) is 10.8. The summed E-state index contributed by atoms with van der Waals surface area (Å²) in [6.07, 6.45) is 0. The average Bonchev–Trinajstić information content (AvgIpc) is 3.58. The smallest absolute Gasteiger partial charge is 0.0547 e. The van der Waals surface area contributed by atoms with Gasteiger partial charge in [-0.15, -0.1) is 0 Å². The fourth-order valence-corrected chi connectivity index (χ4v) is 7.20. The number of hydrogen-bond donors (Lipinski definition) is 0. The molecule has 1 aliphatic carbocycles. The quantitative estimate of drug-likeness (QED) is 0.213. The Kier molecular flexibility index (Phi) is 5.03. The Labute approximate surface area is 244 Å². The summed E-state index contributed by atoms with van der Waals surface area (Å²) < 4.78 is 2.42. The fourth-order valence-electron chi connectivity index (χ4n) is 7.20. The molecule has 9 rings (SSSR count). The van der Waals surface area contributed by atoms with Gasteiger partial charge in [-0.1, -0.05) is 127 Å². The first-order valence-electron chi connectivity index (χ1n) is 14.6. The highest BCUT2D eigenvalue weighted by Crippen LogP contribution is 2.52. The van der Waals surface area contributed by atoms with Crippen LogP contribution in [0.5, 0.6) is 0 Å². The van der Waals surface area contributed by atoms with E-state index in [1.165, 1.54) is 77.2 Å². The standard InChI is InChI=1S/C41H27N/c1-2-12-32(13-3-1)42-37-17-9-8-16-35(37)41-38(42)25-24-36-39(33-14-6-7-15-34(33)40(36)41)29-21-18-28(19-22-29)31-23-20-27-10-4-5-11-30(27)26-31/h1-26,39H. The van der Waals surface area contributed by atoms with E-state index in [-0.39, 0.29) is 5.92 Å². The second-order valence-electron chi connectivity index (χ2n) is 11.3. The average molecular weight is 534 g/mol. The third kappa shape index (κ3) is 3.37. The van der Waals surface area contributed by atoms with Crippen LogP contribution in [-0.2, 0) is 0 Å². The van der Waals surface area contributed by atoms with Crippen LogP contribution in [-0.4, -0.2) is 4.57 Å². The lowest BCUT2D eigenvalue weighted by Gasteiger charge is -2.16. The topological polar surface area (TPSA) is 4.93 Å². The maximum Gasteiger partial charge on any atom is 0.0547 e. The summed E-state index contributed by atoms with van der Waals surface area (Å²) in [6.45, 7) is 0. The van der Waals surface area contributed by atoms with Crippen molar-refractivity contribution in [1.29, 1.82) is 0 Å². The van der Waals surface area contributed by atoms with Crippen LogP contribution in [0.15, 0.2) is 158 Å². The Hall–Kier alpha value is -5.40. The molecule has 7 aromatic carbocycles. The van der Waals surface area contributed by atoms with E-state index in [2.05, 4.69) is 162 Å². The molecule has 0 N–H and O–H groups in total. The van der Waals surface area contributed by atoms with Crippen LogP contribution in [0.4, 0.5) is 0 Å². The van der Waals surface area contributed by atoms with E-state index in [0.29, 0.717) is 0 Å². The minimum atomic E-state index is 0.199. The van der Waals surface area contributed by atoms with Crippen LogP contribution >= 0.6 is 0 Å². The summed E-state index contributed by atoms with van der Waals surface area (Å²) >= 11 is 0. The molecule has 8 aromatic rings. The summed E-state index contributed by atoms with van der Waals surface area (Å²) in [4.78, 5) is 0. The van der Waals surface area contributed by atoms with Gasteiger partial charge in [0.15, 0.2) is 0 Å². The molecule has 0 aliphatic heterocycles. The van der Waals surface area contributed by atoms with Gasteiger partial charge >= 0.3 is 0 Å². The second kappa shape index (κ2) is 9.06. The Morgan fingerprint density at radius 2 is 1.17 bits per heavy atom. The van der Waals surface area contributed by atoms with Crippen molar-refractivity contribution in [2.45, 2.75) is 5.92 Å². The van der Waals surface area contributed by atoms with Gasteiger partial charge in [0.25, 0.3) is 0 Å². The Morgan fingerprint density at radius 3 is 2.05 bits per heavy atom. The summed E-state index contributed by atoms with van der Waals surface area (Å²) in [5.74, 6) is 0.199. The molecule has 196 valence electrons. The zero-order valence-corrected chi connectivity index (χ0v) is 23.0. The number of hydrogen-bond acceptors (Lipinski definition) is 0. The Bertz CT molecular complexity index is 2290. The highest BCUT2D eigenvalue weighted by Gasteiger charge is 2.32. The van der Waals surface area contributed by atoms with E-state index in [1.807, 2.05) is 0 Å². The SMILES string of the molecule is c1ccc(-n2c3ccccc3c3c4c(ccc32)C(c2ccc(-c3ccc5ccccc5c3)cc2)c2ccccc2-4)cc1. The van der Waals surface area contributed by atoms with Gasteiger partial charge in [0, 0.05) is 22.4 Å². The lowest BCUT2D eigenvalue weighted by atomic mass is 9.88. The van der Waals surface area contributed by atoms with Gasteiger partial charge in [-0.3, -0.25) is 0 Å². The minimum absolute atomic E-state index is 0.199. The Morgan fingerprint density at radius 1 is 0.452 bits per heavy atom. The predicted molar refractivity (Wildman–Crippen MR) is 177 cm³/mol. The first-order chi connectivity index (χ1) is 20.8. The van der Waals surface area contributed by atoms with Gasteiger partial charge < -0.3 is 4.57 Å². The maximum atomic E-state index is 2.42. The van der Waals surface area contributed by atoms with Crippen LogP contribution in [0, 0.1) is 0 Å². The lowest BCUT2D eigenvalue weighted by molar-refractivity contribution is 1.02. The third-order valence-corrected chi connectivity index (χ3v) is 9.06. The van der Waals surface area contributed by atoms with Crippen molar-refractivity contribution in [3.05, 3.63) is 174 Å². The van der Waals surface area contributed by atoms with E-state index < -0.39 is 0 Å². The first kappa shape index (κ1) is 23.3. The molecule has 0 radical (unpaired) electrons. The molecule has 1 aliphatic rings.